The van der Waals surface area contributed by atoms with Crippen molar-refractivity contribution >= 4 is 15.9 Å². The lowest BCUT2D eigenvalue weighted by Crippen LogP contribution is -2.41. The molecule has 0 amide bonds. The second kappa shape index (κ2) is 6.17. The van der Waals surface area contributed by atoms with E-state index in [0.717, 1.165) is 36.2 Å². The first-order valence-corrected chi connectivity index (χ1v) is 7.45. The maximum absolute atomic E-state index is 5.82. The van der Waals surface area contributed by atoms with E-state index in [4.69, 9.17) is 4.74 Å². The van der Waals surface area contributed by atoms with Gasteiger partial charge in [0.05, 0.1) is 22.0 Å². The fraction of sp³-hybridized carbons (Fsp3) is 0.769. The summed E-state index contributed by atoms with van der Waals surface area (Å²) in [5, 5.41) is 8.00. The van der Waals surface area contributed by atoms with Crippen LogP contribution in [0.5, 0.6) is 0 Å². The Labute approximate surface area is 117 Å². The van der Waals surface area contributed by atoms with Gasteiger partial charge < -0.3 is 10.1 Å². The number of aryl methyl sites for hydroxylation is 2. The average molecular weight is 316 g/mol. The number of hydrogen-bond donors (Lipinski definition) is 1. The SMILES string of the molecule is CCNC(Cc1c(Br)c(C)nn1C)C1CCCO1. The lowest BCUT2D eigenvalue weighted by molar-refractivity contribution is 0.0783. The summed E-state index contributed by atoms with van der Waals surface area (Å²) in [7, 11) is 2.01. The zero-order chi connectivity index (χ0) is 13.1. The molecule has 2 atom stereocenters. The molecule has 1 saturated heterocycles. The molecule has 0 radical (unpaired) electrons. The quantitative estimate of drug-likeness (QED) is 0.905. The fourth-order valence-electron chi connectivity index (χ4n) is 2.63. The molecule has 0 spiro atoms. The molecule has 0 aliphatic carbocycles. The molecule has 0 bridgehead atoms. The Balaban J connectivity index is 2.12. The average Bonchev–Trinajstić information content (AvgIpc) is 2.93. The Bertz CT molecular complexity index is 399. The molecule has 2 heterocycles. The van der Waals surface area contributed by atoms with Crippen molar-refractivity contribution in [3.8, 4) is 0 Å². The predicted molar refractivity (Wildman–Crippen MR) is 75.8 cm³/mol. The summed E-state index contributed by atoms with van der Waals surface area (Å²) in [6.07, 6.45) is 3.63. The molecule has 1 aromatic heterocycles. The monoisotopic (exact) mass is 315 g/mol. The molecular formula is C13H22BrN3O. The molecule has 2 rings (SSSR count). The van der Waals surface area contributed by atoms with Crippen LogP contribution < -0.4 is 5.32 Å². The second-order valence-corrected chi connectivity index (χ2v) is 5.68. The summed E-state index contributed by atoms with van der Waals surface area (Å²) in [5.74, 6) is 0. The van der Waals surface area contributed by atoms with Crippen LogP contribution in [0, 0.1) is 6.92 Å². The van der Waals surface area contributed by atoms with Gasteiger partial charge in [-0.2, -0.15) is 5.10 Å². The van der Waals surface area contributed by atoms with Gasteiger partial charge in [-0.15, -0.1) is 0 Å². The molecule has 2 unspecified atom stereocenters. The summed E-state index contributed by atoms with van der Waals surface area (Å²) in [5.41, 5.74) is 2.30. The molecule has 4 nitrogen and oxygen atoms in total. The van der Waals surface area contributed by atoms with Crippen LogP contribution >= 0.6 is 15.9 Å². The Hall–Kier alpha value is -0.390. The third-order valence-corrected chi connectivity index (χ3v) is 4.59. The van der Waals surface area contributed by atoms with Crippen molar-refractivity contribution in [2.45, 2.75) is 45.3 Å². The van der Waals surface area contributed by atoms with E-state index in [0.29, 0.717) is 12.1 Å². The highest BCUT2D eigenvalue weighted by atomic mass is 79.9. The largest absolute Gasteiger partial charge is 0.377 e. The molecule has 1 aliphatic rings. The molecule has 1 aliphatic heterocycles. The van der Waals surface area contributed by atoms with E-state index in [1.54, 1.807) is 0 Å². The Morgan fingerprint density at radius 3 is 2.89 bits per heavy atom. The van der Waals surface area contributed by atoms with Gasteiger partial charge in [0.15, 0.2) is 0 Å². The first-order valence-electron chi connectivity index (χ1n) is 6.66. The standard InChI is InChI=1S/C13H22BrN3O/c1-4-15-10(12-6-5-7-18-12)8-11-13(14)9(2)16-17(11)3/h10,12,15H,4-8H2,1-3H3. The molecule has 1 aromatic rings. The normalized spacial score (nSPS) is 21.4. The highest BCUT2D eigenvalue weighted by Gasteiger charge is 2.27. The minimum atomic E-state index is 0.340. The molecule has 1 N–H and O–H groups in total. The van der Waals surface area contributed by atoms with Crippen molar-refractivity contribution in [1.82, 2.24) is 15.1 Å². The predicted octanol–water partition coefficient (Wildman–Crippen LogP) is 2.19. The zero-order valence-corrected chi connectivity index (χ0v) is 13.0. The molecule has 0 aromatic carbocycles. The van der Waals surface area contributed by atoms with E-state index >= 15 is 0 Å². The van der Waals surface area contributed by atoms with Gasteiger partial charge in [0.25, 0.3) is 0 Å². The first-order chi connectivity index (χ1) is 8.63. The van der Waals surface area contributed by atoms with Gasteiger partial charge in [0.2, 0.25) is 0 Å². The fourth-order valence-corrected chi connectivity index (χ4v) is 3.13. The molecule has 102 valence electrons. The number of hydrogen-bond acceptors (Lipinski definition) is 3. The van der Waals surface area contributed by atoms with Gasteiger partial charge in [0, 0.05) is 26.1 Å². The minimum absolute atomic E-state index is 0.340. The van der Waals surface area contributed by atoms with Gasteiger partial charge in [0.1, 0.15) is 0 Å². The molecule has 5 heteroatoms. The maximum atomic E-state index is 5.82. The van der Waals surface area contributed by atoms with Crippen LogP contribution in [0.3, 0.4) is 0 Å². The van der Waals surface area contributed by atoms with Crippen molar-refractivity contribution in [2.75, 3.05) is 13.2 Å². The third kappa shape index (κ3) is 2.95. The lowest BCUT2D eigenvalue weighted by atomic mass is 10.0. The maximum Gasteiger partial charge on any atom is 0.0738 e. The van der Waals surface area contributed by atoms with Crippen molar-refractivity contribution in [3.63, 3.8) is 0 Å². The Kier molecular flexibility index (Phi) is 4.81. The molecule has 18 heavy (non-hydrogen) atoms. The number of nitrogens with zero attached hydrogens (tertiary/aromatic N) is 2. The first kappa shape index (κ1) is 14.0. The minimum Gasteiger partial charge on any atom is -0.377 e. The summed E-state index contributed by atoms with van der Waals surface area (Å²) >= 11 is 3.64. The molecular weight excluding hydrogens is 294 g/mol. The van der Waals surface area contributed by atoms with E-state index in [2.05, 4.69) is 33.3 Å². The summed E-state index contributed by atoms with van der Waals surface area (Å²) in [6, 6.07) is 0.378. The Morgan fingerprint density at radius 1 is 1.61 bits per heavy atom. The van der Waals surface area contributed by atoms with Crippen LogP contribution in [-0.2, 0) is 18.2 Å². The van der Waals surface area contributed by atoms with Gasteiger partial charge in [-0.1, -0.05) is 6.92 Å². The number of nitrogens with one attached hydrogen (secondary N) is 1. The Morgan fingerprint density at radius 2 is 2.39 bits per heavy atom. The van der Waals surface area contributed by atoms with Crippen molar-refractivity contribution in [3.05, 3.63) is 15.9 Å². The molecule has 1 fully saturated rings. The second-order valence-electron chi connectivity index (χ2n) is 4.89. The van der Waals surface area contributed by atoms with Crippen LogP contribution in [0.1, 0.15) is 31.2 Å². The lowest BCUT2D eigenvalue weighted by Gasteiger charge is -2.24. The van der Waals surface area contributed by atoms with E-state index < -0.39 is 0 Å². The van der Waals surface area contributed by atoms with E-state index in [1.807, 2.05) is 18.7 Å². The van der Waals surface area contributed by atoms with Gasteiger partial charge >= 0.3 is 0 Å². The number of ether oxygens (including phenoxy) is 1. The van der Waals surface area contributed by atoms with Crippen LogP contribution in [0.15, 0.2) is 4.47 Å². The third-order valence-electron chi connectivity index (χ3n) is 3.55. The number of aromatic nitrogens is 2. The topological polar surface area (TPSA) is 39.1 Å². The summed E-state index contributed by atoms with van der Waals surface area (Å²) in [4.78, 5) is 0. The van der Waals surface area contributed by atoms with Gasteiger partial charge in [-0.25, -0.2) is 0 Å². The number of halogens is 1. The van der Waals surface area contributed by atoms with Gasteiger partial charge in [-0.3, -0.25) is 4.68 Å². The van der Waals surface area contributed by atoms with Crippen LogP contribution in [0.2, 0.25) is 0 Å². The highest BCUT2D eigenvalue weighted by molar-refractivity contribution is 9.10. The van der Waals surface area contributed by atoms with E-state index in [-0.39, 0.29) is 0 Å². The smallest absolute Gasteiger partial charge is 0.0738 e. The van der Waals surface area contributed by atoms with Crippen LogP contribution in [0.4, 0.5) is 0 Å². The zero-order valence-electron chi connectivity index (χ0n) is 11.4. The van der Waals surface area contributed by atoms with E-state index in [9.17, 15) is 0 Å². The number of likely N-dealkylation sites (N-methyl/N-ethyl adjacent to an activating group) is 1. The van der Waals surface area contributed by atoms with Crippen LogP contribution in [0.25, 0.3) is 0 Å². The molecule has 0 saturated carbocycles. The van der Waals surface area contributed by atoms with E-state index in [1.165, 1.54) is 12.1 Å². The van der Waals surface area contributed by atoms with Crippen molar-refractivity contribution < 1.29 is 4.74 Å². The summed E-state index contributed by atoms with van der Waals surface area (Å²) in [6.45, 7) is 6.05. The number of rotatable bonds is 5. The summed E-state index contributed by atoms with van der Waals surface area (Å²) < 4.78 is 8.92. The van der Waals surface area contributed by atoms with Crippen molar-refractivity contribution in [2.24, 2.45) is 7.05 Å². The van der Waals surface area contributed by atoms with Crippen LogP contribution in [-0.4, -0.2) is 35.1 Å². The highest BCUT2D eigenvalue weighted by Crippen LogP contribution is 2.24. The van der Waals surface area contributed by atoms with Crippen molar-refractivity contribution in [1.29, 1.82) is 0 Å². The van der Waals surface area contributed by atoms with Gasteiger partial charge in [-0.05, 0) is 42.2 Å².